The second-order valence-corrected chi connectivity index (χ2v) is 10.1. The van der Waals surface area contributed by atoms with Gasteiger partial charge in [-0.2, -0.15) is 0 Å². The molecule has 174 valence electrons. The summed E-state index contributed by atoms with van der Waals surface area (Å²) in [6, 6.07) is 17.7. The van der Waals surface area contributed by atoms with Crippen LogP contribution in [-0.2, 0) is 16.1 Å². The van der Waals surface area contributed by atoms with Crippen LogP contribution in [0, 0.1) is 0 Å². The number of benzene rings is 2. The molecule has 34 heavy (non-hydrogen) atoms. The number of allylic oxidation sites excluding steroid dienone is 1. The van der Waals surface area contributed by atoms with Crippen molar-refractivity contribution in [3.05, 3.63) is 70.9 Å². The molecule has 1 saturated carbocycles. The number of anilines is 1. The Morgan fingerprint density at radius 2 is 1.85 bits per heavy atom. The van der Waals surface area contributed by atoms with Gasteiger partial charge in [0.2, 0.25) is 11.1 Å². The van der Waals surface area contributed by atoms with Crippen molar-refractivity contribution in [1.29, 1.82) is 0 Å². The summed E-state index contributed by atoms with van der Waals surface area (Å²) in [5.41, 5.74) is 2.00. The van der Waals surface area contributed by atoms with Gasteiger partial charge in [0.1, 0.15) is 0 Å². The zero-order valence-corrected chi connectivity index (χ0v) is 20.1. The predicted molar refractivity (Wildman–Crippen MR) is 137 cm³/mol. The highest BCUT2D eigenvalue weighted by molar-refractivity contribution is 8.18. The van der Waals surface area contributed by atoms with Crippen LogP contribution in [0.3, 0.4) is 0 Å². The SMILES string of the molecule is CN(c1nccc(/C=C2\SC(=O)CC2=O)n1)[C@H]1CC[C@H](NCc2cccc3ccccc23)CC1. The van der Waals surface area contributed by atoms with Gasteiger partial charge in [0.05, 0.1) is 17.0 Å². The molecule has 5 rings (SSSR count). The number of carbonyl (C=O) groups is 2. The lowest BCUT2D eigenvalue weighted by Gasteiger charge is -2.35. The highest BCUT2D eigenvalue weighted by Crippen LogP contribution is 2.31. The van der Waals surface area contributed by atoms with Gasteiger partial charge in [-0.3, -0.25) is 9.59 Å². The van der Waals surface area contributed by atoms with E-state index in [9.17, 15) is 9.59 Å². The van der Waals surface area contributed by atoms with Crippen LogP contribution in [0.2, 0.25) is 0 Å². The molecule has 0 radical (unpaired) electrons. The summed E-state index contributed by atoms with van der Waals surface area (Å²) >= 11 is 1.01. The number of nitrogens with one attached hydrogen (secondary N) is 1. The maximum atomic E-state index is 11.9. The molecule has 2 aliphatic rings. The molecule has 1 saturated heterocycles. The first kappa shape index (κ1) is 22.7. The summed E-state index contributed by atoms with van der Waals surface area (Å²) in [6.07, 6.45) is 7.75. The number of aromatic nitrogens is 2. The molecular formula is C27H28N4O2S. The zero-order valence-electron chi connectivity index (χ0n) is 19.2. The number of Topliss-reactive ketones (excluding diaryl/α,β-unsaturated/α-hetero) is 1. The number of hydrogen-bond donors (Lipinski definition) is 1. The van der Waals surface area contributed by atoms with E-state index in [-0.39, 0.29) is 17.3 Å². The monoisotopic (exact) mass is 472 g/mol. The molecule has 1 aromatic heterocycles. The number of thioether (sulfide) groups is 1. The van der Waals surface area contributed by atoms with Crippen LogP contribution in [0.5, 0.6) is 0 Å². The smallest absolute Gasteiger partial charge is 0.225 e. The van der Waals surface area contributed by atoms with Crippen molar-refractivity contribution in [2.75, 3.05) is 11.9 Å². The Kier molecular flexibility index (Phi) is 6.74. The van der Waals surface area contributed by atoms with E-state index in [1.54, 1.807) is 18.3 Å². The number of rotatable bonds is 6. The zero-order chi connectivity index (χ0) is 23.5. The van der Waals surface area contributed by atoms with E-state index in [0.717, 1.165) is 44.0 Å². The number of ketones is 1. The van der Waals surface area contributed by atoms with E-state index in [2.05, 4.69) is 62.6 Å². The fraction of sp³-hybridized carbons (Fsp3) is 0.333. The molecule has 0 bridgehead atoms. The molecule has 2 fully saturated rings. The van der Waals surface area contributed by atoms with E-state index in [1.165, 1.54) is 16.3 Å². The van der Waals surface area contributed by atoms with Crippen LogP contribution in [-0.4, -0.2) is 40.0 Å². The molecule has 1 aliphatic heterocycles. The molecule has 0 atom stereocenters. The third-order valence-corrected chi connectivity index (χ3v) is 7.71. The minimum absolute atomic E-state index is 0.0217. The minimum Gasteiger partial charge on any atom is -0.341 e. The summed E-state index contributed by atoms with van der Waals surface area (Å²) < 4.78 is 0. The van der Waals surface area contributed by atoms with Crippen LogP contribution in [0.15, 0.2) is 59.6 Å². The van der Waals surface area contributed by atoms with Crippen molar-refractivity contribution >= 4 is 45.5 Å². The third-order valence-electron chi connectivity index (χ3n) is 6.77. The quantitative estimate of drug-likeness (QED) is 0.410. The van der Waals surface area contributed by atoms with E-state index in [0.29, 0.717) is 28.6 Å². The number of hydrogen-bond acceptors (Lipinski definition) is 7. The van der Waals surface area contributed by atoms with Gasteiger partial charge in [-0.15, -0.1) is 0 Å². The van der Waals surface area contributed by atoms with E-state index < -0.39 is 0 Å². The Morgan fingerprint density at radius 3 is 2.65 bits per heavy atom. The third kappa shape index (κ3) is 5.05. The van der Waals surface area contributed by atoms with Crippen molar-refractivity contribution in [2.45, 2.75) is 50.7 Å². The van der Waals surface area contributed by atoms with Crippen molar-refractivity contribution in [1.82, 2.24) is 15.3 Å². The van der Waals surface area contributed by atoms with Crippen LogP contribution in [0.25, 0.3) is 16.8 Å². The number of nitrogens with zero attached hydrogens (tertiary/aromatic N) is 3. The molecule has 6 nitrogen and oxygen atoms in total. The summed E-state index contributed by atoms with van der Waals surface area (Å²) in [5.74, 6) is 0.529. The fourth-order valence-corrected chi connectivity index (χ4v) is 5.64. The standard InChI is InChI=1S/C27H28N4O2S/c1-31(27-28-14-13-21(30-27)15-25-24(32)16-26(33)34-25)22-11-9-20(10-12-22)29-17-19-7-4-6-18-5-2-3-8-23(18)19/h2-8,13-15,20,22,29H,9-12,16-17H2,1H3/b25-15-/t20-,22-. The van der Waals surface area contributed by atoms with Gasteiger partial charge in [-0.1, -0.05) is 42.5 Å². The summed E-state index contributed by atoms with van der Waals surface area (Å²) in [4.78, 5) is 35.1. The lowest BCUT2D eigenvalue weighted by Crippen LogP contribution is -2.41. The van der Waals surface area contributed by atoms with Crippen molar-refractivity contribution in [2.24, 2.45) is 0 Å². The fourth-order valence-electron chi connectivity index (χ4n) is 4.82. The molecule has 1 aliphatic carbocycles. The van der Waals surface area contributed by atoms with Crippen LogP contribution >= 0.6 is 11.8 Å². The van der Waals surface area contributed by atoms with Crippen molar-refractivity contribution in [3.63, 3.8) is 0 Å². The Bertz CT molecular complexity index is 1240. The largest absolute Gasteiger partial charge is 0.341 e. The van der Waals surface area contributed by atoms with Crippen molar-refractivity contribution < 1.29 is 9.59 Å². The van der Waals surface area contributed by atoms with Crippen LogP contribution in [0.4, 0.5) is 5.95 Å². The average Bonchev–Trinajstić information content (AvgIpc) is 3.18. The highest BCUT2D eigenvalue weighted by atomic mass is 32.2. The van der Waals surface area contributed by atoms with Gasteiger partial charge in [-0.25, -0.2) is 9.97 Å². The maximum Gasteiger partial charge on any atom is 0.225 e. The minimum atomic E-state index is -0.127. The maximum absolute atomic E-state index is 11.9. The average molecular weight is 473 g/mol. The van der Waals surface area contributed by atoms with Gasteiger partial charge in [0, 0.05) is 31.9 Å². The van der Waals surface area contributed by atoms with E-state index in [1.807, 2.05) is 7.05 Å². The summed E-state index contributed by atoms with van der Waals surface area (Å²) in [6.45, 7) is 0.881. The summed E-state index contributed by atoms with van der Waals surface area (Å²) in [7, 11) is 2.04. The Labute approximate surface area is 203 Å². The first-order valence-corrected chi connectivity index (χ1v) is 12.6. The predicted octanol–water partition coefficient (Wildman–Crippen LogP) is 4.74. The van der Waals surface area contributed by atoms with Crippen LogP contribution < -0.4 is 10.2 Å². The number of carbonyl (C=O) groups excluding carboxylic acids is 2. The van der Waals surface area contributed by atoms with Crippen molar-refractivity contribution in [3.8, 4) is 0 Å². The molecular weight excluding hydrogens is 444 g/mol. The van der Waals surface area contributed by atoms with Gasteiger partial charge >= 0.3 is 0 Å². The van der Waals surface area contributed by atoms with E-state index >= 15 is 0 Å². The highest BCUT2D eigenvalue weighted by Gasteiger charge is 2.27. The van der Waals surface area contributed by atoms with Gasteiger partial charge in [-0.05, 0) is 65.9 Å². The van der Waals surface area contributed by atoms with Gasteiger partial charge in [0.25, 0.3) is 0 Å². The molecule has 7 heteroatoms. The molecule has 0 amide bonds. The van der Waals surface area contributed by atoms with Gasteiger partial charge < -0.3 is 10.2 Å². The Morgan fingerprint density at radius 1 is 1.06 bits per heavy atom. The Balaban J connectivity index is 1.18. The molecule has 2 aromatic carbocycles. The molecule has 1 N–H and O–H groups in total. The molecule has 0 unspecified atom stereocenters. The molecule has 2 heterocycles. The molecule has 0 spiro atoms. The lowest BCUT2D eigenvalue weighted by molar-refractivity contribution is -0.119. The topological polar surface area (TPSA) is 75.2 Å². The van der Waals surface area contributed by atoms with E-state index in [4.69, 9.17) is 0 Å². The number of fused-ring (bicyclic) bond motifs is 1. The van der Waals surface area contributed by atoms with Gasteiger partial charge in [0.15, 0.2) is 5.78 Å². The first-order valence-electron chi connectivity index (χ1n) is 11.8. The lowest BCUT2D eigenvalue weighted by atomic mass is 9.90. The van der Waals surface area contributed by atoms with Crippen LogP contribution in [0.1, 0.15) is 43.4 Å². The summed E-state index contributed by atoms with van der Waals surface area (Å²) in [5, 5.41) is 6.27. The Hall–Kier alpha value is -3.03. The first-order chi connectivity index (χ1) is 16.6. The second kappa shape index (κ2) is 10.1. The normalized spacial score (nSPS) is 22.0. The second-order valence-electron chi connectivity index (χ2n) is 9.00. The molecule has 3 aromatic rings.